The van der Waals surface area contributed by atoms with Crippen molar-refractivity contribution in [2.45, 2.75) is 38.4 Å². The summed E-state index contributed by atoms with van der Waals surface area (Å²) in [7, 11) is 1.89. The van der Waals surface area contributed by atoms with Crippen LogP contribution in [0.1, 0.15) is 31.0 Å². The average Bonchev–Trinajstić information content (AvgIpc) is 3.09. The summed E-state index contributed by atoms with van der Waals surface area (Å²) in [6.45, 7) is 7.49. The number of nitrogens with zero attached hydrogens (tertiary/aromatic N) is 4. The Kier molecular flexibility index (Phi) is 7.21. The molecule has 1 N–H and O–H groups in total. The number of aromatic nitrogens is 2. The summed E-state index contributed by atoms with van der Waals surface area (Å²) < 4.78 is 1.98. The number of guanidine groups is 1. The van der Waals surface area contributed by atoms with Gasteiger partial charge >= 0.3 is 0 Å². The third kappa shape index (κ3) is 5.28. The van der Waals surface area contributed by atoms with Crippen molar-refractivity contribution in [3.8, 4) is 5.69 Å². The summed E-state index contributed by atoms with van der Waals surface area (Å²) in [6, 6.07) is 10.3. The molecule has 5 nitrogen and oxygen atoms in total. The number of hydrogen-bond donors (Lipinski definition) is 1. The summed E-state index contributed by atoms with van der Waals surface area (Å²) in [6.07, 6.45) is 5.48. The minimum atomic E-state index is 0.726. The van der Waals surface area contributed by atoms with Crippen molar-refractivity contribution in [1.29, 1.82) is 0 Å². The van der Waals surface area contributed by atoms with E-state index in [9.17, 15) is 0 Å². The molecule has 1 unspecified atom stereocenters. The molecule has 0 saturated carbocycles. The molecule has 1 aliphatic rings. The molecule has 1 aliphatic heterocycles. The summed E-state index contributed by atoms with van der Waals surface area (Å²) >= 11 is 2.09. The molecule has 1 saturated heterocycles. The second-order valence-corrected chi connectivity index (χ2v) is 8.35. The number of aliphatic imine (C=N–C) groups is 1. The molecule has 0 aliphatic carbocycles. The van der Waals surface area contributed by atoms with Crippen molar-refractivity contribution < 1.29 is 0 Å². The van der Waals surface area contributed by atoms with E-state index in [1.54, 1.807) is 0 Å². The highest BCUT2D eigenvalue weighted by Crippen LogP contribution is 2.21. The van der Waals surface area contributed by atoms with E-state index in [4.69, 9.17) is 0 Å². The van der Waals surface area contributed by atoms with Gasteiger partial charge in [-0.2, -0.15) is 16.9 Å². The van der Waals surface area contributed by atoms with Gasteiger partial charge in [0.2, 0.25) is 0 Å². The fourth-order valence-corrected chi connectivity index (χ4v) is 4.60. The lowest BCUT2D eigenvalue weighted by molar-refractivity contribution is 0.408. The van der Waals surface area contributed by atoms with Crippen LogP contribution in [-0.2, 0) is 6.42 Å². The Bertz CT molecular complexity index is 740. The standard InChI is InChI=1S/C21H31N5S/c1-4-20-16-25(13-14-27-20)21(22-3)23-12-8-9-18-15-26(24-17(18)2)19-10-6-5-7-11-19/h5-7,10-11,15,20H,4,8-9,12-14,16H2,1-3H3,(H,22,23). The van der Waals surface area contributed by atoms with Crippen LogP contribution in [0.25, 0.3) is 5.69 Å². The van der Waals surface area contributed by atoms with Crippen LogP contribution < -0.4 is 5.32 Å². The maximum atomic E-state index is 4.66. The first-order chi connectivity index (χ1) is 13.2. The van der Waals surface area contributed by atoms with Gasteiger partial charge in [0.1, 0.15) is 0 Å². The summed E-state index contributed by atoms with van der Waals surface area (Å²) in [5.74, 6) is 2.24. The predicted molar refractivity (Wildman–Crippen MR) is 116 cm³/mol. The van der Waals surface area contributed by atoms with Crippen molar-refractivity contribution in [2.24, 2.45) is 4.99 Å². The zero-order valence-corrected chi connectivity index (χ0v) is 17.5. The highest BCUT2D eigenvalue weighted by Gasteiger charge is 2.21. The predicted octanol–water partition coefficient (Wildman–Crippen LogP) is 3.52. The average molecular weight is 386 g/mol. The number of rotatable bonds is 6. The van der Waals surface area contributed by atoms with Gasteiger partial charge < -0.3 is 10.2 Å². The molecule has 0 amide bonds. The number of nitrogens with one attached hydrogen (secondary N) is 1. The van der Waals surface area contributed by atoms with E-state index < -0.39 is 0 Å². The Labute approximate surface area is 167 Å². The molecule has 0 bridgehead atoms. The fraction of sp³-hybridized carbons (Fsp3) is 0.524. The molecule has 1 aromatic heterocycles. The molecule has 1 atom stereocenters. The van der Waals surface area contributed by atoms with E-state index in [1.165, 1.54) is 17.7 Å². The Morgan fingerprint density at radius 1 is 1.33 bits per heavy atom. The van der Waals surface area contributed by atoms with Gasteiger partial charge in [-0.25, -0.2) is 4.68 Å². The highest BCUT2D eigenvalue weighted by molar-refractivity contribution is 8.00. The van der Waals surface area contributed by atoms with E-state index in [-0.39, 0.29) is 0 Å². The molecule has 0 spiro atoms. The smallest absolute Gasteiger partial charge is 0.193 e. The van der Waals surface area contributed by atoms with Crippen molar-refractivity contribution >= 4 is 17.7 Å². The Morgan fingerprint density at radius 2 is 2.15 bits per heavy atom. The number of thioether (sulfide) groups is 1. The van der Waals surface area contributed by atoms with Crippen molar-refractivity contribution in [2.75, 3.05) is 32.4 Å². The minimum Gasteiger partial charge on any atom is -0.356 e. The van der Waals surface area contributed by atoms with Crippen LogP contribution in [0.3, 0.4) is 0 Å². The zero-order chi connectivity index (χ0) is 19.1. The molecule has 2 heterocycles. The first-order valence-corrected chi connectivity index (χ1v) is 10.9. The number of hydrogen-bond acceptors (Lipinski definition) is 3. The maximum Gasteiger partial charge on any atom is 0.193 e. The lowest BCUT2D eigenvalue weighted by Crippen LogP contribution is -2.48. The van der Waals surface area contributed by atoms with Gasteiger partial charge in [0.15, 0.2) is 5.96 Å². The minimum absolute atomic E-state index is 0.726. The molecule has 0 radical (unpaired) electrons. The molecular weight excluding hydrogens is 354 g/mol. The molecule has 3 rings (SSSR count). The van der Waals surface area contributed by atoms with Crippen LogP contribution in [-0.4, -0.2) is 58.3 Å². The Hall–Kier alpha value is -1.95. The fourth-order valence-electron chi connectivity index (χ4n) is 3.42. The van der Waals surface area contributed by atoms with Gasteiger partial charge in [-0.1, -0.05) is 25.1 Å². The van der Waals surface area contributed by atoms with Crippen molar-refractivity contribution in [3.63, 3.8) is 0 Å². The first-order valence-electron chi connectivity index (χ1n) is 9.89. The molecule has 6 heteroatoms. The zero-order valence-electron chi connectivity index (χ0n) is 16.7. The molecule has 1 aromatic carbocycles. The lowest BCUT2D eigenvalue weighted by atomic mass is 10.1. The third-order valence-electron chi connectivity index (χ3n) is 5.03. The number of benzene rings is 1. The summed E-state index contributed by atoms with van der Waals surface area (Å²) in [5, 5.41) is 8.94. The normalized spacial score (nSPS) is 18.0. The highest BCUT2D eigenvalue weighted by atomic mass is 32.2. The van der Waals surface area contributed by atoms with Gasteiger partial charge in [-0.05, 0) is 43.9 Å². The van der Waals surface area contributed by atoms with E-state index in [1.807, 2.05) is 29.9 Å². The van der Waals surface area contributed by atoms with Gasteiger partial charge in [-0.3, -0.25) is 4.99 Å². The quantitative estimate of drug-likeness (QED) is 0.469. The van der Waals surface area contributed by atoms with Crippen molar-refractivity contribution in [1.82, 2.24) is 20.0 Å². The topological polar surface area (TPSA) is 45.5 Å². The number of aryl methyl sites for hydroxylation is 2. The second kappa shape index (κ2) is 9.83. The molecular formula is C21H31N5S. The van der Waals surface area contributed by atoms with E-state index in [0.717, 1.165) is 55.1 Å². The Morgan fingerprint density at radius 3 is 2.89 bits per heavy atom. The van der Waals surface area contributed by atoms with Crippen LogP contribution in [0, 0.1) is 6.92 Å². The van der Waals surface area contributed by atoms with Crippen LogP contribution in [0.15, 0.2) is 41.5 Å². The Balaban J connectivity index is 1.49. The van der Waals surface area contributed by atoms with Crippen molar-refractivity contribution in [3.05, 3.63) is 47.8 Å². The summed E-state index contributed by atoms with van der Waals surface area (Å²) in [5.41, 5.74) is 3.54. The van der Waals surface area contributed by atoms with E-state index in [0.29, 0.717) is 0 Å². The first kappa shape index (κ1) is 19.8. The van der Waals surface area contributed by atoms with Gasteiger partial charge in [0, 0.05) is 43.9 Å². The largest absolute Gasteiger partial charge is 0.356 e. The number of para-hydroxylation sites is 1. The van der Waals surface area contributed by atoms with E-state index >= 15 is 0 Å². The SMILES string of the molecule is CCC1CN(C(=NC)NCCCc2cn(-c3ccccc3)nc2C)CCS1. The van der Waals surface area contributed by atoms with Gasteiger partial charge in [0.25, 0.3) is 0 Å². The molecule has 146 valence electrons. The van der Waals surface area contributed by atoms with Crippen LogP contribution in [0.2, 0.25) is 0 Å². The van der Waals surface area contributed by atoms with E-state index in [2.05, 4.69) is 64.2 Å². The van der Waals surface area contributed by atoms with Gasteiger partial charge in [0.05, 0.1) is 11.4 Å². The second-order valence-electron chi connectivity index (χ2n) is 6.94. The van der Waals surface area contributed by atoms with Crippen LogP contribution in [0.5, 0.6) is 0 Å². The molecule has 27 heavy (non-hydrogen) atoms. The third-order valence-corrected chi connectivity index (χ3v) is 6.40. The van der Waals surface area contributed by atoms with Crippen LogP contribution >= 0.6 is 11.8 Å². The monoisotopic (exact) mass is 385 g/mol. The van der Waals surface area contributed by atoms with Gasteiger partial charge in [-0.15, -0.1) is 0 Å². The van der Waals surface area contributed by atoms with Crippen LogP contribution in [0.4, 0.5) is 0 Å². The molecule has 1 fully saturated rings. The molecule has 2 aromatic rings. The lowest BCUT2D eigenvalue weighted by Gasteiger charge is -2.34. The maximum absolute atomic E-state index is 4.66. The summed E-state index contributed by atoms with van der Waals surface area (Å²) in [4.78, 5) is 6.90.